The molecule has 2 rings (SSSR count). The highest BCUT2D eigenvalue weighted by Crippen LogP contribution is 2.07. The van der Waals surface area contributed by atoms with Crippen LogP contribution in [0.4, 0.5) is 5.95 Å². The van der Waals surface area contributed by atoms with Crippen LogP contribution in [0.15, 0.2) is 0 Å². The van der Waals surface area contributed by atoms with Crippen molar-refractivity contribution in [3.05, 3.63) is 10.8 Å². The molecule has 5 nitrogen and oxygen atoms in total. The molecule has 0 aliphatic carbocycles. The summed E-state index contributed by atoms with van der Waals surface area (Å²) < 4.78 is 0. The van der Waals surface area contributed by atoms with E-state index in [-0.39, 0.29) is 5.95 Å². The Labute approximate surface area is 107 Å². The molecule has 0 bridgehead atoms. The Balaban J connectivity index is 0.000000171. The zero-order valence-corrected chi connectivity index (χ0v) is 11.2. The van der Waals surface area contributed by atoms with Gasteiger partial charge in [-0.15, -0.1) is 10.2 Å². The summed E-state index contributed by atoms with van der Waals surface area (Å²) in [7, 11) is 0. The van der Waals surface area contributed by atoms with Gasteiger partial charge in [-0.1, -0.05) is 24.9 Å². The lowest BCUT2D eigenvalue weighted by molar-refractivity contribution is 0.240. The molecule has 2 heterocycles. The van der Waals surface area contributed by atoms with Crippen LogP contribution in [0, 0.1) is 6.92 Å². The summed E-state index contributed by atoms with van der Waals surface area (Å²) in [5.74, 6) is 0.150. The average Bonchev–Trinajstić information content (AvgIpc) is 2.36. The fraction of sp³-hybridized carbons (Fsp3) is 0.727. The van der Waals surface area contributed by atoms with Gasteiger partial charge in [0.25, 0.3) is 0 Å². The lowest BCUT2D eigenvalue weighted by atomic mass is 10.1. The fourth-order valence-corrected chi connectivity index (χ4v) is 1.76. The molecule has 0 spiro atoms. The number of hydrogen-bond donors (Lipinski definition) is 1. The number of likely N-dealkylation sites (tertiary alicyclic amines) is 1. The number of rotatable bonds is 1. The molecular weight excluding hydrogens is 238 g/mol. The van der Waals surface area contributed by atoms with Gasteiger partial charge in [0.15, 0.2) is 5.15 Å². The van der Waals surface area contributed by atoms with E-state index in [1.165, 1.54) is 38.9 Å². The normalized spacial score (nSPS) is 16.2. The van der Waals surface area contributed by atoms with Crippen molar-refractivity contribution in [2.45, 2.75) is 33.1 Å². The van der Waals surface area contributed by atoms with Gasteiger partial charge in [0, 0.05) is 0 Å². The van der Waals surface area contributed by atoms with E-state index in [0.717, 1.165) is 0 Å². The van der Waals surface area contributed by atoms with Crippen LogP contribution in [0.5, 0.6) is 0 Å². The first kappa shape index (κ1) is 14.1. The minimum Gasteiger partial charge on any atom is -0.366 e. The lowest BCUT2D eigenvalue weighted by Gasteiger charge is -2.24. The molecule has 1 aliphatic heterocycles. The van der Waals surface area contributed by atoms with E-state index in [4.69, 9.17) is 17.3 Å². The molecule has 1 saturated heterocycles. The minimum atomic E-state index is 0.150. The zero-order chi connectivity index (χ0) is 12.7. The number of piperidine rings is 1. The van der Waals surface area contributed by atoms with E-state index in [2.05, 4.69) is 27.0 Å². The monoisotopic (exact) mass is 257 g/mol. The minimum absolute atomic E-state index is 0.150. The highest BCUT2D eigenvalue weighted by atomic mass is 35.5. The Kier molecular flexibility index (Phi) is 6.15. The van der Waals surface area contributed by atoms with Gasteiger partial charge in [-0.2, -0.15) is 0 Å². The second-order valence-corrected chi connectivity index (χ2v) is 4.40. The number of hydrogen-bond acceptors (Lipinski definition) is 5. The highest BCUT2D eigenvalue weighted by molar-refractivity contribution is 6.29. The van der Waals surface area contributed by atoms with Gasteiger partial charge in [-0.3, -0.25) is 0 Å². The molecule has 1 aliphatic rings. The Hall–Kier alpha value is -0.940. The van der Waals surface area contributed by atoms with E-state index in [9.17, 15) is 0 Å². The highest BCUT2D eigenvalue weighted by Gasteiger charge is 2.05. The molecule has 2 N–H and O–H groups in total. The third-order valence-electron chi connectivity index (χ3n) is 2.72. The molecule has 1 aromatic heterocycles. The van der Waals surface area contributed by atoms with Gasteiger partial charge >= 0.3 is 0 Å². The Morgan fingerprint density at radius 3 is 2.29 bits per heavy atom. The summed E-state index contributed by atoms with van der Waals surface area (Å²) in [6.07, 6.45) is 4.30. The molecule has 0 unspecified atom stereocenters. The Morgan fingerprint density at radius 1 is 1.24 bits per heavy atom. The number of nitrogens with zero attached hydrogens (tertiary/aromatic N) is 4. The van der Waals surface area contributed by atoms with Crippen LogP contribution in [-0.2, 0) is 0 Å². The first-order valence-corrected chi connectivity index (χ1v) is 6.36. The van der Waals surface area contributed by atoms with Crippen LogP contribution < -0.4 is 5.73 Å². The SMILES string of the molecule is CCN1CCCCC1.Cc1nc(N)nnc1Cl. The van der Waals surface area contributed by atoms with Crippen molar-refractivity contribution in [2.24, 2.45) is 0 Å². The molecule has 96 valence electrons. The predicted octanol–water partition coefficient (Wildman–Crippen LogP) is 1.91. The summed E-state index contributed by atoms with van der Waals surface area (Å²) in [5.41, 5.74) is 5.79. The van der Waals surface area contributed by atoms with Crippen LogP contribution in [0.1, 0.15) is 31.9 Å². The van der Waals surface area contributed by atoms with E-state index >= 15 is 0 Å². The number of nitrogens with two attached hydrogens (primary N) is 1. The van der Waals surface area contributed by atoms with Crippen molar-refractivity contribution >= 4 is 17.5 Å². The Morgan fingerprint density at radius 2 is 1.88 bits per heavy atom. The van der Waals surface area contributed by atoms with E-state index in [1.54, 1.807) is 6.92 Å². The van der Waals surface area contributed by atoms with Crippen LogP contribution in [-0.4, -0.2) is 39.7 Å². The van der Waals surface area contributed by atoms with Crippen LogP contribution >= 0.6 is 11.6 Å². The fourth-order valence-electron chi connectivity index (χ4n) is 1.68. The van der Waals surface area contributed by atoms with Crippen LogP contribution in [0.25, 0.3) is 0 Å². The lowest BCUT2D eigenvalue weighted by Crippen LogP contribution is -2.29. The standard InChI is InChI=1S/C7H15N.C4H5ClN4/c1-2-8-6-4-3-5-7-8;1-2-3(5)8-9-4(6)7-2/h2-7H2,1H3;1H3,(H2,6,7,9). The summed E-state index contributed by atoms with van der Waals surface area (Å²) in [4.78, 5) is 6.26. The molecule has 1 aromatic rings. The van der Waals surface area contributed by atoms with E-state index < -0.39 is 0 Å². The number of nitrogen functional groups attached to an aromatic ring is 1. The van der Waals surface area contributed by atoms with Crippen LogP contribution in [0.2, 0.25) is 5.15 Å². The molecule has 0 saturated carbocycles. The number of aryl methyl sites for hydroxylation is 1. The van der Waals surface area contributed by atoms with Crippen molar-refractivity contribution in [1.29, 1.82) is 0 Å². The first-order valence-electron chi connectivity index (χ1n) is 5.98. The first-order chi connectivity index (χ1) is 8.13. The summed E-state index contributed by atoms with van der Waals surface area (Å²) in [6, 6.07) is 0. The second kappa shape index (κ2) is 7.40. The second-order valence-electron chi connectivity index (χ2n) is 4.04. The summed E-state index contributed by atoms with van der Waals surface area (Å²) >= 11 is 5.49. The third kappa shape index (κ3) is 5.28. The molecule has 6 heteroatoms. The molecular formula is C11H20ClN5. The van der Waals surface area contributed by atoms with Gasteiger partial charge in [-0.25, -0.2) is 4.98 Å². The van der Waals surface area contributed by atoms with E-state index in [1.807, 2.05) is 0 Å². The Bertz CT molecular complexity index is 339. The van der Waals surface area contributed by atoms with Crippen molar-refractivity contribution < 1.29 is 0 Å². The third-order valence-corrected chi connectivity index (χ3v) is 3.07. The topological polar surface area (TPSA) is 67.9 Å². The van der Waals surface area contributed by atoms with E-state index in [0.29, 0.717) is 10.8 Å². The predicted molar refractivity (Wildman–Crippen MR) is 70.0 cm³/mol. The number of anilines is 1. The number of halogens is 1. The summed E-state index contributed by atoms with van der Waals surface area (Å²) in [5, 5.41) is 7.23. The maximum absolute atomic E-state index is 5.49. The largest absolute Gasteiger partial charge is 0.366 e. The van der Waals surface area contributed by atoms with Gasteiger partial charge in [-0.05, 0) is 39.4 Å². The molecule has 0 aromatic carbocycles. The van der Waals surface area contributed by atoms with Crippen molar-refractivity contribution in [1.82, 2.24) is 20.1 Å². The van der Waals surface area contributed by atoms with Gasteiger partial charge < -0.3 is 10.6 Å². The summed E-state index contributed by atoms with van der Waals surface area (Å²) in [6.45, 7) is 7.89. The maximum Gasteiger partial charge on any atom is 0.240 e. The quantitative estimate of drug-likeness (QED) is 0.832. The average molecular weight is 258 g/mol. The van der Waals surface area contributed by atoms with Gasteiger partial charge in [0.1, 0.15) is 0 Å². The van der Waals surface area contributed by atoms with Crippen molar-refractivity contribution in [3.63, 3.8) is 0 Å². The van der Waals surface area contributed by atoms with Crippen LogP contribution in [0.3, 0.4) is 0 Å². The van der Waals surface area contributed by atoms with Gasteiger partial charge in [0.2, 0.25) is 5.95 Å². The number of aromatic nitrogens is 3. The smallest absolute Gasteiger partial charge is 0.240 e. The van der Waals surface area contributed by atoms with Crippen molar-refractivity contribution in [3.8, 4) is 0 Å². The molecule has 0 amide bonds. The zero-order valence-electron chi connectivity index (χ0n) is 10.5. The molecule has 17 heavy (non-hydrogen) atoms. The van der Waals surface area contributed by atoms with Gasteiger partial charge in [0.05, 0.1) is 5.69 Å². The maximum atomic E-state index is 5.49. The van der Waals surface area contributed by atoms with Crippen molar-refractivity contribution in [2.75, 3.05) is 25.4 Å². The molecule has 0 radical (unpaired) electrons. The molecule has 0 atom stereocenters. The molecule has 1 fully saturated rings.